The van der Waals surface area contributed by atoms with Crippen LogP contribution < -0.4 is 0 Å². The van der Waals surface area contributed by atoms with Crippen LogP contribution in [0.25, 0.3) is 0 Å². The zero-order chi connectivity index (χ0) is 40.5. The first-order valence-electron chi connectivity index (χ1n) is 18.9. The first-order chi connectivity index (χ1) is 20.5. The molecule has 0 amide bonds. The maximum Gasteiger partial charge on any atom is 0.252 e. The van der Waals surface area contributed by atoms with Crippen molar-refractivity contribution in [2.75, 3.05) is 0 Å². The van der Waals surface area contributed by atoms with Crippen LogP contribution in [0, 0.1) is 0 Å². The Kier molecular flexibility index (Phi) is 11.5. The first kappa shape index (κ1) is 48.3. The molecule has 0 bridgehead atoms. The van der Waals surface area contributed by atoms with E-state index in [1.165, 1.54) is 0 Å². The Balaban J connectivity index is 4.12. The molecule has 49 heavy (non-hydrogen) atoms. The second kappa shape index (κ2) is 11.7. The molecule has 2 unspecified atom stereocenters. The Labute approximate surface area is 337 Å². The molecule has 2 aliphatic rings. The fraction of sp³-hybridized carbons (Fsp3) is 1.00. The molecule has 0 aromatic rings. The molecule has 2 rings (SSSR count). The Morgan fingerprint density at radius 2 is 0.367 bits per heavy atom. The largest absolute Gasteiger partial charge is 0.252 e. The highest BCUT2D eigenvalue weighted by atomic mass is 35.8. The minimum atomic E-state index is -3.35. The van der Waals surface area contributed by atoms with Gasteiger partial charge in [-0.2, -0.15) is 55.4 Å². The predicted molar refractivity (Wildman–Crippen MR) is 253 cm³/mol. The first-order valence-corrected chi connectivity index (χ1v) is 49.0. The van der Waals surface area contributed by atoms with Gasteiger partial charge in [0.05, 0.1) is 35.1 Å². The Hall–Kier alpha value is 3.19. The SMILES string of the molecule is CC(C)(C)[Si](C(C)(C)C)(C(C)(C)C)[Si]1(Cl)[Si]2([Si](C(C)(C)C)(C(C)(C)C)C(C)(C)C)[Si](Cl)(Cl)[Si](Cl)(Cl)[Si]12[Si](C(C)(C)C)(C(C)(C)C)C(C)(C)C. The third-order valence-corrected chi connectivity index (χ3v) is 321. The van der Waals surface area contributed by atoms with Crippen LogP contribution in [0.15, 0.2) is 0 Å². The van der Waals surface area contributed by atoms with Crippen LogP contribution in [-0.4, -0.2) is 52.5 Å². The molecule has 0 spiro atoms. The fourth-order valence-electron chi connectivity index (χ4n) is 19.0. The smallest absolute Gasteiger partial charge is 0.179 e. The lowest BCUT2D eigenvalue weighted by atomic mass is 10.2. The molecule has 0 aromatic heterocycles. The maximum atomic E-state index is 10.00. The molecule has 0 N–H and O–H groups in total. The molecule has 2 fully saturated rings. The summed E-state index contributed by atoms with van der Waals surface area (Å²) < 4.78 is 0. The molecule has 2 saturated heterocycles. The van der Waals surface area contributed by atoms with Gasteiger partial charge in [0.15, 0.2) is 0 Å². The molecule has 0 aromatic carbocycles. The highest BCUT2D eigenvalue weighted by Crippen LogP contribution is 2.95. The van der Waals surface area contributed by atoms with Crippen LogP contribution in [0.2, 0.25) is 45.3 Å². The number of hydrogen-bond acceptors (Lipinski definition) is 0. The average Bonchev–Trinajstić information content (AvgIpc) is 3.12. The third-order valence-electron chi connectivity index (χ3n) is 14.6. The van der Waals surface area contributed by atoms with Crippen LogP contribution in [0.3, 0.4) is 0 Å². The highest BCUT2D eigenvalue weighted by molar-refractivity contribution is 8.79. The standard InChI is InChI=1S/C36H81Cl5Si8/c1-28(2,3)42(29(4,5)6,30(7,8)9)47(41)48(43(31(10,11)12,32(13,14)15)33(16,17)18)45(37,38)46(39,40)49(47,48)44(34(19,20)21,35(22,23)24)36(25,26)27/h1-27H3. The summed E-state index contributed by atoms with van der Waals surface area (Å²) in [5, 5.41) is -0.0217. The zero-order valence-corrected chi connectivity index (χ0v) is 49.2. The summed E-state index contributed by atoms with van der Waals surface area (Å²) in [5.41, 5.74) is -6.69. The molecule has 13 heteroatoms. The summed E-state index contributed by atoms with van der Waals surface area (Å²) in [6, 6.07) is 0. The Bertz CT molecular complexity index is 1130. The Morgan fingerprint density at radius 1 is 0.245 bits per heavy atom. The molecule has 0 aliphatic carbocycles. The van der Waals surface area contributed by atoms with Crippen molar-refractivity contribution in [2.45, 2.75) is 232 Å². The van der Waals surface area contributed by atoms with E-state index in [9.17, 15) is 11.1 Å². The minimum absolute atomic E-state index is 0.0000935. The lowest BCUT2D eigenvalue weighted by molar-refractivity contribution is 0.552. The normalized spacial score (nSPS) is 29.4. The van der Waals surface area contributed by atoms with Gasteiger partial charge in [-0.3, -0.25) is 0 Å². The summed E-state index contributed by atoms with van der Waals surface area (Å²) in [7, 11) is -8.20. The van der Waals surface area contributed by atoms with Gasteiger partial charge in [0.1, 0.15) is 5.94 Å². The van der Waals surface area contributed by atoms with Crippen LogP contribution in [-0.2, 0) is 0 Å². The monoisotopic (exact) mass is 912 g/mol. The Morgan fingerprint density at radius 3 is 0.469 bits per heavy atom. The van der Waals surface area contributed by atoms with Gasteiger partial charge in [-0.15, -0.1) is 0 Å². The van der Waals surface area contributed by atoms with Gasteiger partial charge in [0, 0.05) is 0 Å². The van der Waals surface area contributed by atoms with Gasteiger partial charge in [0.2, 0.25) is 0 Å². The highest BCUT2D eigenvalue weighted by Gasteiger charge is 3.24. The van der Waals surface area contributed by atoms with Crippen molar-refractivity contribution in [1.82, 2.24) is 0 Å². The summed E-state index contributed by atoms with van der Waals surface area (Å²) >= 11 is 45.0. The van der Waals surface area contributed by atoms with Crippen molar-refractivity contribution in [3.63, 3.8) is 0 Å². The van der Waals surface area contributed by atoms with Crippen molar-refractivity contribution in [3.05, 3.63) is 0 Å². The lowest BCUT2D eigenvalue weighted by Crippen LogP contribution is -3.03. The van der Waals surface area contributed by atoms with Gasteiger partial charge in [0.25, 0.3) is 11.5 Å². The average molecular weight is 916 g/mol. The quantitative estimate of drug-likeness (QED) is 0.195. The number of rotatable bonds is 3. The van der Waals surface area contributed by atoms with Crippen LogP contribution in [0.1, 0.15) is 187 Å². The molecule has 292 valence electrons. The second-order valence-corrected chi connectivity index (χ2v) is 137. The van der Waals surface area contributed by atoms with Crippen molar-refractivity contribution >= 4 is 108 Å². The summed E-state index contributed by atoms with van der Waals surface area (Å²) in [4.78, 5) is 0. The molecule has 2 atom stereocenters. The summed E-state index contributed by atoms with van der Waals surface area (Å²) in [6.07, 6.45) is -5.88. The molecule has 0 saturated carbocycles. The minimum Gasteiger partial charge on any atom is -0.179 e. The van der Waals surface area contributed by atoms with E-state index in [2.05, 4.69) is 187 Å². The summed E-state index contributed by atoms with van der Waals surface area (Å²) in [6.45, 7) is 70.2. The van der Waals surface area contributed by atoms with E-state index in [1.807, 2.05) is 0 Å². The summed E-state index contributed by atoms with van der Waals surface area (Å²) in [5.74, 6) is -3.08. The molecule has 0 radical (unpaired) electrons. The van der Waals surface area contributed by atoms with Gasteiger partial charge >= 0.3 is 0 Å². The molecule has 2 heterocycles. The zero-order valence-electron chi connectivity index (χ0n) is 37.4. The lowest BCUT2D eigenvalue weighted by Gasteiger charge is -2.76. The van der Waals surface area contributed by atoms with Crippen molar-refractivity contribution in [2.24, 2.45) is 0 Å². The van der Waals surface area contributed by atoms with E-state index in [0.717, 1.165) is 0 Å². The van der Waals surface area contributed by atoms with Crippen molar-refractivity contribution in [3.8, 4) is 0 Å². The topological polar surface area (TPSA) is 0 Å². The number of hydrogen-bond donors (Lipinski definition) is 0. The van der Waals surface area contributed by atoms with E-state index in [1.54, 1.807) is 0 Å². The van der Waals surface area contributed by atoms with Gasteiger partial charge < -0.3 is 0 Å². The van der Waals surface area contributed by atoms with Crippen molar-refractivity contribution in [1.29, 1.82) is 0 Å². The van der Waals surface area contributed by atoms with Gasteiger partial charge in [-0.05, 0) is 45.3 Å². The van der Waals surface area contributed by atoms with Crippen LogP contribution in [0.4, 0.5) is 0 Å². The van der Waals surface area contributed by atoms with Crippen LogP contribution in [0.5, 0.6) is 0 Å². The van der Waals surface area contributed by atoms with Crippen molar-refractivity contribution < 1.29 is 0 Å². The van der Waals surface area contributed by atoms with E-state index in [-0.39, 0.29) is 45.3 Å². The molecule has 2 aliphatic heterocycles. The number of fused-ring (bicyclic) bond motifs is 1. The molecular weight excluding hydrogens is 834 g/mol. The molecular formula is C36H81Cl5Si8. The number of halogens is 5. The van der Waals surface area contributed by atoms with Gasteiger partial charge in [-0.25, -0.2) is 0 Å². The van der Waals surface area contributed by atoms with E-state index in [4.69, 9.17) is 44.3 Å². The predicted octanol–water partition coefficient (Wildman–Crippen LogP) is 16.2. The van der Waals surface area contributed by atoms with E-state index >= 15 is 0 Å². The second-order valence-electron chi connectivity index (χ2n) is 25.8. The fourth-order valence-corrected chi connectivity index (χ4v) is 771. The van der Waals surface area contributed by atoms with Crippen LogP contribution >= 0.6 is 55.4 Å². The molecule has 0 nitrogen and oxygen atoms in total. The van der Waals surface area contributed by atoms with E-state index in [0.29, 0.717) is 0 Å². The third kappa shape index (κ3) is 4.65. The maximum absolute atomic E-state index is 10.00. The van der Waals surface area contributed by atoms with E-state index < -0.39 is 52.5 Å². The van der Waals surface area contributed by atoms with Gasteiger partial charge in [-0.1, -0.05) is 187 Å².